The summed E-state index contributed by atoms with van der Waals surface area (Å²) in [6, 6.07) is 4.12. The van der Waals surface area contributed by atoms with Gasteiger partial charge in [-0.1, -0.05) is 11.2 Å². The average Bonchev–Trinajstić information content (AvgIpc) is 3.16. The minimum Gasteiger partial charge on any atom is -0.343 e. The van der Waals surface area contributed by atoms with Gasteiger partial charge in [-0.2, -0.15) is 4.98 Å². The van der Waals surface area contributed by atoms with E-state index < -0.39 is 0 Å². The highest BCUT2D eigenvalue weighted by Crippen LogP contribution is 2.27. The smallest absolute Gasteiger partial charge is 0.229 e. The van der Waals surface area contributed by atoms with Gasteiger partial charge in [0.1, 0.15) is 0 Å². The first kappa shape index (κ1) is 14.3. The van der Waals surface area contributed by atoms with Crippen LogP contribution in [0.3, 0.4) is 0 Å². The Hall–Kier alpha value is -1.69. The maximum absolute atomic E-state index is 12.2. The minimum absolute atomic E-state index is 0.253. The molecule has 2 aromatic rings. The van der Waals surface area contributed by atoms with Crippen LogP contribution in [-0.2, 0) is 11.2 Å². The SMILES string of the molecule is Cc1noc(C2CCN(C(=O)CCc3cccs3)CC2)n1. The van der Waals surface area contributed by atoms with Crippen molar-refractivity contribution < 1.29 is 9.32 Å². The van der Waals surface area contributed by atoms with Crippen molar-refractivity contribution in [3.05, 3.63) is 34.1 Å². The zero-order chi connectivity index (χ0) is 14.7. The molecule has 0 spiro atoms. The van der Waals surface area contributed by atoms with E-state index in [2.05, 4.69) is 21.6 Å². The second-order valence-electron chi connectivity index (χ2n) is 5.41. The largest absolute Gasteiger partial charge is 0.343 e. The van der Waals surface area contributed by atoms with Crippen LogP contribution in [0.1, 0.15) is 41.8 Å². The number of nitrogens with zero attached hydrogens (tertiary/aromatic N) is 3. The number of carbonyl (C=O) groups excluding carboxylic acids is 1. The van der Waals surface area contributed by atoms with E-state index >= 15 is 0 Å². The lowest BCUT2D eigenvalue weighted by atomic mass is 9.96. The molecular formula is C15H19N3O2S. The van der Waals surface area contributed by atoms with E-state index in [-0.39, 0.29) is 5.91 Å². The number of piperidine rings is 1. The van der Waals surface area contributed by atoms with E-state index in [1.54, 1.807) is 11.3 Å². The fraction of sp³-hybridized carbons (Fsp3) is 0.533. The van der Waals surface area contributed by atoms with Crippen LogP contribution < -0.4 is 0 Å². The fourth-order valence-electron chi connectivity index (χ4n) is 2.70. The molecule has 0 bridgehead atoms. The molecule has 1 saturated heterocycles. The van der Waals surface area contributed by atoms with Gasteiger partial charge in [0.15, 0.2) is 5.82 Å². The molecule has 0 N–H and O–H groups in total. The molecule has 21 heavy (non-hydrogen) atoms. The predicted molar refractivity (Wildman–Crippen MR) is 80.2 cm³/mol. The highest BCUT2D eigenvalue weighted by atomic mass is 32.1. The zero-order valence-electron chi connectivity index (χ0n) is 12.1. The Morgan fingerprint density at radius 3 is 2.90 bits per heavy atom. The molecule has 0 unspecified atom stereocenters. The van der Waals surface area contributed by atoms with Gasteiger partial charge < -0.3 is 9.42 Å². The zero-order valence-corrected chi connectivity index (χ0v) is 12.9. The maximum Gasteiger partial charge on any atom is 0.229 e. The van der Waals surface area contributed by atoms with E-state index in [4.69, 9.17) is 4.52 Å². The maximum atomic E-state index is 12.2. The summed E-state index contributed by atoms with van der Waals surface area (Å²) in [6.07, 6.45) is 3.27. The number of aromatic nitrogens is 2. The molecule has 1 amide bonds. The van der Waals surface area contributed by atoms with E-state index in [1.807, 2.05) is 17.9 Å². The molecule has 5 nitrogen and oxygen atoms in total. The summed E-state index contributed by atoms with van der Waals surface area (Å²) in [4.78, 5) is 19.8. The number of thiophene rings is 1. The molecule has 0 saturated carbocycles. The van der Waals surface area contributed by atoms with Gasteiger partial charge in [-0.15, -0.1) is 11.3 Å². The first-order valence-corrected chi connectivity index (χ1v) is 8.20. The number of aryl methyl sites for hydroxylation is 2. The summed E-state index contributed by atoms with van der Waals surface area (Å²) in [5, 5.41) is 5.89. The number of amides is 1. The standard InChI is InChI=1S/C15H19N3O2S/c1-11-16-15(20-17-11)12-6-8-18(9-7-12)14(19)5-4-13-3-2-10-21-13/h2-3,10,12H,4-9H2,1H3. The van der Waals surface area contributed by atoms with E-state index in [1.165, 1.54) is 4.88 Å². The molecule has 3 heterocycles. The van der Waals surface area contributed by atoms with Crippen LogP contribution in [0.15, 0.2) is 22.0 Å². The Morgan fingerprint density at radius 2 is 2.29 bits per heavy atom. The van der Waals surface area contributed by atoms with Gasteiger partial charge in [0, 0.05) is 30.3 Å². The molecule has 0 radical (unpaired) electrons. The lowest BCUT2D eigenvalue weighted by Gasteiger charge is -2.30. The summed E-state index contributed by atoms with van der Waals surface area (Å²) in [5.41, 5.74) is 0. The molecule has 2 aromatic heterocycles. The third-order valence-corrected chi connectivity index (χ3v) is 4.84. The van der Waals surface area contributed by atoms with Crippen molar-refractivity contribution in [2.45, 2.75) is 38.5 Å². The monoisotopic (exact) mass is 305 g/mol. The Bertz CT molecular complexity index is 586. The number of hydrogen-bond acceptors (Lipinski definition) is 5. The van der Waals surface area contributed by atoms with E-state index in [0.717, 1.165) is 38.2 Å². The van der Waals surface area contributed by atoms with Crippen molar-refractivity contribution in [2.75, 3.05) is 13.1 Å². The third kappa shape index (κ3) is 3.50. The second-order valence-corrected chi connectivity index (χ2v) is 6.45. The molecule has 1 aliphatic heterocycles. The Kier molecular flexibility index (Phi) is 4.34. The van der Waals surface area contributed by atoms with Crippen LogP contribution in [0.5, 0.6) is 0 Å². The molecule has 3 rings (SSSR count). The van der Waals surface area contributed by atoms with Crippen LogP contribution in [0.2, 0.25) is 0 Å². The quantitative estimate of drug-likeness (QED) is 0.871. The van der Waals surface area contributed by atoms with Crippen molar-refractivity contribution in [1.29, 1.82) is 0 Å². The summed E-state index contributed by atoms with van der Waals surface area (Å²) >= 11 is 1.71. The number of hydrogen-bond donors (Lipinski definition) is 0. The number of carbonyl (C=O) groups is 1. The summed E-state index contributed by atoms with van der Waals surface area (Å²) in [5.74, 6) is 1.95. The van der Waals surface area contributed by atoms with Crippen LogP contribution in [-0.4, -0.2) is 34.0 Å². The summed E-state index contributed by atoms with van der Waals surface area (Å²) in [6.45, 7) is 3.40. The van der Waals surface area contributed by atoms with Gasteiger partial charge in [-0.25, -0.2) is 0 Å². The van der Waals surface area contributed by atoms with Crippen LogP contribution in [0.4, 0.5) is 0 Å². The fourth-order valence-corrected chi connectivity index (χ4v) is 3.41. The van der Waals surface area contributed by atoms with Crippen LogP contribution >= 0.6 is 11.3 Å². The Balaban J connectivity index is 1.47. The Morgan fingerprint density at radius 1 is 1.48 bits per heavy atom. The predicted octanol–water partition coefficient (Wildman–Crippen LogP) is 2.78. The van der Waals surface area contributed by atoms with Crippen LogP contribution in [0, 0.1) is 6.92 Å². The normalized spacial score (nSPS) is 16.3. The topological polar surface area (TPSA) is 59.2 Å². The molecule has 0 aromatic carbocycles. The van der Waals surface area contributed by atoms with Gasteiger partial charge >= 0.3 is 0 Å². The third-order valence-electron chi connectivity index (χ3n) is 3.91. The first-order valence-electron chi connectivity index (χ1n) is 7.33. The minimum atomic E-state index is 0.253. The molecular weight excluding hydrogens is 286 g/mol. The molecule has 0 aliphatic carbocycles. The molecule has 1 aliphatic rings. The van der Waals surface area contributed by atoms with Crippen molar-refractivity contribution in [3.63, 3.8) is 0 Å². The highest BCUT2D eigenvalue weighted by molar-refractivity contribution is 7.09. The molecule has 0 atom stereocenters. The first-order chi connectivity index (χ1) is 10.2. The lowest BCUT2D eigenvalue weighted by Crippen LogP contribution is -2.38. The van der Waals surface area contributed by atoms with Crippen molar-refractivity contribution in [2.24, 2.45) is 0 Å². The molecule has 1 fully saturated rings. The van der Waals surface area contributed by atoms with Crippen LogP contribution in [0.25, 0.3) is 0 Å². The van der Waals surface area contributed by atoms with E-state index in [9.17, 15) is 4.79 Å². The Labute approximate surface area is 128 Å². The second kappa shape index (κ2) is 6.39. The van der Waals surface area contributed by atoms with Gasteiger partial charge in [-0.05, 0) is 37.6 Å². The van der Waals surface area contributed by atoms with Crippen molar-refractivity contribution in [3.8, 4) is 0 Å². The highest BCUT2D eigenvalue weighted by Gasteiger charge is 2.26. The lowest BCUT2D eigenvalue weighted by molar-refractivity contribution is -0.132. The van der Waals surface area contributed by atoms with Gasteiger partial charge in [0.05, 0.1) is 0 Å². The molecule has 112 valence electrons. The number of rotatable bonds is 4. The average molecular weight is 305 g/mol. The van der Waals surface area contributed by atoms with Gasteiger partial charge in [0.25, 0.3) is 0 Å². The van der Waals surface area contributed by atoms with Gasteiger partial charge in [-0.3, -0.25) is 4.79 Å². The summed E-state index contributed by atoms with van der Waals surface area (Å²) in [7, 11) is 0. The van der Waals surface area contributed by atoms with E-state index in [0.29, 0.717) is 18.2 Å². The number of likely N-dealkylation sites (tertiary alicyclic amines) is 1. The molecule has 6 heteroatoms. The summed E-state index contributed by atoms with van der Waals surface area (Å²) < 4.78 is 5.23. The van der Waals surface area contributed by atoms with Gasteiger partial charge in [0.2, 0.25) is 11.8 Å². The van der Waals surface area contributed by atoms with Crippen molar-refractivity contribution in [1.82, 2.24) is 15.0 Å². The van der Waals surface area contributed by atoms with Crippen molar-refractivity contribution >= 4 is 17.2 Å².